The van der Waals surface area contributed by atoms with Gasteiger partial charge in [-0.1, -0.05) is 80.1 Å². The van der Waals surface area contributed by atoms with Crippen molar-refractivity contribution in [2.45, 2.75) is 57.8 Å². The van der Waals surface area contributed by atoms with Crippen LogP contribution in [0.4, 0.5) is 4.39 Å². The van der Waals surface area contributed by atoms with Crippen molar-refractivity contribution in [1.82, 2.24) is 0 Å². The highest BCUT2D eigenvalue weighted by atomic mass is 19.1. The van der Waals surface area contributed by atoms with Crippen molar-refractivity contribution in [2.75, 3.05) is 0 Å². The highest BCUT2D eigenvalue weighted by Gasteiger charge is 2.20. The van der Waals surface area contributed by atoms with Crippen LogP contribution in [0.5, 0.6) is 0 Å². The Labute approximate surface area is 186 Å². The molecule has 1 aliphatic carbocycles. The molecular formula is C30H33F. The highest BCUT2D eigenvalue weighted by molar-refractivity contribution is 5.71. The van der Waals surface area contributed by atoms with E-state index in [1.54, 1.807) is 6.07 Å². The molecule has 0 aromatic heterocycles. The van der Waals surface area contributed by atoms with Crippen molar-refractivity contribution < 1.29 is 4.39 Å². The first kappa shape index (κ1) is 21.6. The minimum absolute atomic E-state index is 0.161. The Morgan fingerprint density at radius 3 is 2.10 bits per heavy atom. The summed E-state index contributed by atoms with van der Waals surface area (Å²) in [5, 5.41) is 0. The molecule has 3 aromatic carbocycles. The molecule has 0 unspecified atom stereocenters. The fraction of sp³-hybridized carbons (Fsp3) is 0.333. The van der Waals surface area contributed by atoms with Crippen LogP contribution < -0.4 is 0 Å². The van der Waals surface area contributed by atoms with Crippen LogP contribution in [0.1, 0.15) is 62.5 Å². The predicted octanol–water partition coefficient (Wildman–Crippen LogP) is 8.96. The molecule has 0 atom stereocenters. The summed E-state index contributed by atoms with van der Waals surface area (Å²) in [5.41, 5.74) is 6.34. The van der Waals surface area contributed by atoms with Gasteiger partial charge in [0.05, 0.1) is 0 Å². The number of allylic oxidation sites excluding steroid dienone is 1. The number of hydrogen-bond acceptors (Lipinski definition) is 0. The van der Waals surface area contributed by atoms with Gasteiger partial charge in [0.25, 0.3) is 0 Å². The smallest absolute Gasteiger partial charge is 0.131 e. The van der Waals surface area contributed by atoms with E-state index < -0.39 is 0 Å². The zero-order chi connectivity index (χ0) is 21.6. The van der Waals surface area contributed by atoms with Crippen LogP contribution in [0.15, 0.2) is 79.4 Å². The molecule has 0 amide bonds. The molecule has 0 saturated heterocycles. The van der Waals surface area contributed by atoms with Gasteiger partial charge in [-0.25, -0.2) is 4.39 Å². The summed E-state index contributed by atoms with van der Waals surface area (Å²) in [7, 11) is 0. The molecule has 0 heterocycles. The zero-order valence-electron chi connectivity index (χ0n) is 18.6. The van der Waals surface area contributed by atoms with E-state index >= 15 is 0 Å². The Hall–Kier alpha value is -2.67. The van der Waals surface area contributed by atoms with E-state index in [0.717, 1.165) is 23.1 Å². The van der Waals surface area contributed by atoms with Crippen LogP contribution in [-0.2, 0) is 6.42 Å². The van der Waals surface area contributed by atoms with E-state index in [1.165, 1.54) is 49.7 Å². The molecule has 1 fully saturated rings. The van der Waals surface area contributed by atoms with E-state index in [2.05, 4.69) is 56.0 Å². The second-order valence-electron chi connectivity index (χ2n) is 8.96. The summed E-state index contributed by atoms with van der Waals surface area (Å²) in [4.78, 5) is 0. The lowest BCUT2D eigenvalue weighted by Gasteiger charge is -2.27. The van der Waals surface area contributed by atoms with E-state index in [1.807, 2.05) is 24.3 Å². The van der Waals surface area contributed by atoms with Gasteiger partial charge in [0, 0.05) is 5.56 Å². The third-order valence-electron chi connectivity index (χ3n) is 6.87. The molecule has 31 heavy (non-hydrogen) atoms. The van der Waals surface area contributed by atoms with Gasteiger partial charge in [-0.05, 0) is 84.2 Å². The number of rotatable bonds is 7. The molecule has 0 nitrogen and oxygen atoms in total. The Balaban J connectivity index is 1.47. The summed E-state index contributed by atoms with van der Waals surface area (Å²) >= 11 is 0. The summed E-state index contributed by atoms with van der Waals surface area (Å²) < 4.78 is 15.0. The van der Waals surface area contributed by atoms with Crippen LogP contribution in [0.3, 0.4) is 0 Å². The van der Waals surface area contributed by atoms with Gasteiger partial charge < -0.3 is 0 Å². The summed E-state index contributed by atoms with van der Waals surface area (Å²) in [5.74, 6) is 1.17. The molecule has 160 valence electrons. The molecule has 1 heteroatoms. The molecule has 4 rings (SSSR count). The normalized spacial score (nSPS) is 18.6. The van der Waals surface area contributed by atoms with Gasteiger partial charge in [0.15, 0.2) is 0 Å². The van der Waals surface area contributed by atoms with Crippen LogP contribution >= 0.6 is 0 Å². The monoisotopic (exact) mass is 412 g/mol. The van der Waals surface area contributed by atoms with Crippen molar-refractivity contribution in [3.63, 3.8) is 0 Å². The van der Waals surface area contributed by atoms with E-state index in [4.69, 9.17) is 0 Å². The molecule has 0 aliphatic heterocycles. The number of benzene rings is 3. The standard InChI is InChI=1S/C30H33F/c1-3-5-6-23-9-13-27(14-10-23)29-20-19-28(21-30(29)31)26-17-15-25(16-18-26)24-11-7-22(4-2)8-12-24/h4,9-10,13-22,24H,2-3,5-8,11-12H2,1H3. The van der Waals surface area contributed by atoms with Gasteiger partial charge >= 0.3 is 0 Å². The number of aryl methyl sites for hydroxylation is 1. The van der Waals surface area contributed by atoms with Gasteiger partial charge in [0.1, 0.15) is 5.82 Å². The Morgan fingerprint density at radius 2 is 1.48 bits per heavy atom. The summed E-state index contributed by atoms with van der Waals surface area (Å²) in [6.45, 7) is 6.15. The highest BCUT2D eigenvalue weighted by Crippen LogP contribution is 2.37. The van der Waals surface area contributed by atoms with Crippen LogP contribution in [0.25, 0.3) is 22.3 Å². The second kappa shape index (κ2) is 10.1. The van der Waals surface area contributed by atoms with Gasteiger partial charge in [-0.15, -0.1) is 6.58 Å². The molecular weight excluding hydrogens is 379 g/mol. The van der Waals surface area contributed by atoms with E-state index in [0.29, 0.717) is 17.4 Å². The Kier molecular flexibility index (Phi) is 7.02. The lowest BCUT2D eigenvalue weighted by Crippen LogP contribution is -2.11. The fourth-order valence-corrected chi connectivity index (χ4v) is 4.80. The van der Waals surface area contributed by atoms with Crippen LogP contribution in [0, 0.1) is 11.7 Å². The van der Waals surface area contributed by atoms with Crippen molar-refractivity contribution in [3.05, 3.63) is 96.3 Å². The molecule has 1 aliphatic rings. The lowest BCUT2D eigenvalue weighted by molar-refractivity contribution is 0.376. The van der Waals surface area contributed by atoms with Crippen molar-refractivity contribution in [2.24, 2.45) is 5.92 Å². The average Bonchev–Trinajstić information content (AvgIpc) is 2.83. The molecule has 1 saturated carbocycles. The summed E-state index contributed by atoms with van der Waals surface area (Å²) in [6.07, 6.45) is 10.5. The van der Waals surface area contributed by atoms with Crippen LogP contribution in [0.2, 0.25) is 0 Å². The quantitative estimate of drug-likeness (QED) is 0.340. The average molecular weight is 413 g/mol. The number of unbranched alkanes of at least 4 members (excludes halogenated alkanes) is 1. The van der Waals surface area contributed by atoms with Gasteiger partial charge in [-0.3, -0.25) is 0 Å². The second-order valence-corrected chi connectivity index (χ2v) is 8.96. The maximum atomic E-state index is 15.0. The minimum Gasteiger partial charge on any atom is -0.206 e. The topological polar surface area (TPSA) is 0 Å². The maximum Gasteiger partial charge on any atom is 0.131 e. The fourth-order valence-electron chi connectivity index (χ4n) is 4.80. The zero-order valence-corrected chi connectivity index (χ0v) is 18.6. The Morgan fingerprint density at radius 1 is 0.839 bits per heavy atom. The molecule has 0 bridgehead atoms. The van der Waals surface area contributed by atoms with Gasteiger partial charge in [0.2, 0.25) is 0 Å². The molecule has 0 radical (unpaired) electrons. The SMILES string of the molecule is C=CC1CCC(c2ccc(-c3ccc(-c4ccc(CCCC)cc4)c(F)c3)cc2)CC1. The van der Waals surface area contributed by atoms with E-state index in [9.17, 15) is 4.39 Å². The largest absolute Gasteiger partial charge is 0.206 e. The first-order valence-corrected chi connectivity index (χ1v) is 11.8. The maximum absolute atomic E-state index is 15.0. The number of hydrogen-bond donors (Lipinski definition) is 0. The first-order valence-electron chi connectivity index (χ1n) is 11.8. The molecule has 3 aromatic rings. The molecule has 0 spiro atoms. The predicted molar refractivity (Wildman–Crippen MR) is 131 cm³/mol. The van der Waals surface area contributed by atoms with Gasteiger partial charge in [-0.2, -0.15) is 0 Å². The molecule has 0 N–H and O–H groups in total. The van der Waals surface area contributed by atoms with Crippen molar-refractivity contribution >= 4 is 0 Å². The Bertz CT molecular complexity index is 990. The van der Waals surface area contributed by atoms with Crippen molar-refractivity contribution in [1.29, 1.82) is 0 Å². The lowest BCUT2D eigenvalue weighted by atomic mass is 9.78. The minimum atomic E-state index is -0.161. The third kappa shape index (κ3) is 5.15. The summed E-state index contributed by atoms with van der Waals surface area (Å²) in [6, 6.07) is 22.7. The van der Waals surface area contributed by atoms with E-state index in [-0.39, 0.29) is 5.82 Å². The first-order chi connectivity index (χ1) is 15.2. The third-order valence-corrected chi connectivity index (χ3v) is 6.87. The van der Waals surface area contributed by atoms with Crippen LogP contribution in [-0.4, -0.2) is 0 Å². The number of halogens is 1. The van der Waals surface area contributed by atoms with Crippen molar-refractivity contribution in [3.8, 4) is 22.3 Å².